The first-order valence-electron chi connectivity index (χ1n) is 5.20. The van der Waals surface area contributed by atoms with Crippen LogP contribution in [0.15, 0.2) is 23.8 Å². The molecule has 1 aliphatic carbocycles. The van der Waals surface area contributed by atoms with E-state index in [2.05, 4.69) is 0 Å². The van der Waals surface area contributed by atoms with E-state index < -0.39 is 23.1 Å². The van der Waals surface area contributed by atoms with Crippen LogP contribution in [0.2, 0.25) is 0 Å². The highest BCUT2D eigenvalue weighted by Gasteiger charge is 2.36. The Morgan fingerprint density at radius 1 is 1.56 bits per heavy atom. The minimum atomic E-state index is -1.49. The van der Waals surface area contributed by atoms with Crippen LogP contribution < -0.4 is 0 Å². The van der Waals surface area contributed by atoms with Gasteiger partial charge in [0.1, 0.15) is 5.60 Å². The summed E-state index contributed by atoms with van der Waals surface area (Å²) in [6.45, 7) is 4.57. The average molecular weight is 226 g/mol. The van der Waals surface area contributed by atoms with Gasteiger partial charge in [-0.05, 0) is 32.4 Å². The highest BCUT2D eigenvalue weighted by molar-refractivity contribution is 5.98. The fourth-order valence-electron chi connectivity index (χ4n) is 1.46. The highest BCUT2D eigenvalue weighted by Crippen LogP contribution is 2.26. The van der Waals surface area contributed by atoms with E-state index in [0.717, 1.165) is 0 Å². The molecule has 0 saturated carbocycles. The molecule has 0 aromatic rings. The zero-order valence-electron chi connectivity index (χ0n) is 9.77. The standard InChI is InChI=1S/C12H18O4/c1-11(2,15)5-4-8-6-10(14)12(3,16)7-9(8)13/h4-6,9,13,15-16H,7H2,1-3H3. The van der Waals surface area contributed by atoms with Gasteiger partial charge in [-0.15, -0.1) is 0 Å². The molecule has 16 heavy (non-hydrogen) atoms. The normalized spacial score (nSPS) is 32.0. The first-order valence-corrected chi connectivity index (χ1v) is 5.20. The molecule has 4 heteroatoms. The molecule has 0 heterocycles. The Kier molecular flexibility index (Phi) is 3.38. The Hall–Kier alpha value is -0.970. The van der Waals surface area contributed by atoms with Crippen molar-refractivity contribution in [1.82, 2.24) is 0 Å². The van der Waals surface area contributed by atoms with Gasteiger partial charge in [0.2, 0.25) is 0 Å². The Labute approximate surface area is 94.9 Å². The largest absolute Gasteiger partial charge is 0.388 e. The molecular formula is C12H18O4. The highest BCUT2D eigenvalue weighted by atomic mass is 16.3. The van der Waals surface area contributed by atoms with E-state index in [1.165, 1.54) is 25.2 Å². The molecule has 2 atom stereocenters. The minimum Gasteiger partial charge on any atom is -0.388 e. The monoisotopic (exact) mass is 226 g/mol. The molecule has 0 radical (unpaired) electrons. The molecule has 1 aliphatic rings. The van der Waals surface area contributed by atoms with Crippen molar-refractivity contribution in [1.29, 1.82) is 0 Å². The number of hydrogen-bond donors (Lipinski definition) is 3. The maximum Gasteiger partial charge on any atom is 0.187 e. The van der Waals surface area contributed by atoms with Crippen LogP contribution in [0.5, 0.6) is 0 Å². The summed E-state index contributed by atoms with van der Waals surface area (Å²) >= 11 is 0. The number of carbonyl (C=O) groups excluding carboxylic acids is 1. The fraction of sp³-hybridized carbons (Fsp3) is 0.583. The molecule has 1 rings (SSSR count). The lowest BCUT2D eigenvalue weighted by molar-refractivity contribution is -0.134. The number of hydrogen-bond acceptors (Lipinski definition) is 4. The summed E-state index contributed by atoms with van der Waals surface area (Å²) in [6.07, 6.45) is 3.32. The third kappa shape index (κ3) is 3.27. The number of aliphatic hydroxyl groups is 3. The van der Waals surface area contributed by atoms with Gasteiger partial charge in [-0.2, -0.15) is 0 Å². The van der Waals surface area contributed by atoms with E-state index in [1.807, 2.05) is 0 Å². The summed E-state index contributed by atoms with van der Waals surface area (Å²) in [4.78, 5) is 11.5. The topological polar surface area (TPSA) is 77.8 Å². The van der Waals surface area contributed by atoms with Crippen molar-refractivity contribution in [3.8, 4) is 0 Å². The quantitative estimate of drug-likeness (QED) is 0.634. The second-order valence-corrected chi connectivity index (χ2v) is 4.99. The summed E-state index contributed by atoms with van der Waals surface area (Å²) in [5, 5.41) is 28.8. The lowest BCUT2D eigenvalue weighted by atomic mass is 9.83. The average Bonchev–Trinajstić information content (AvgIpc) is 2.07. The van der Waals surface area contributed by atoms with E-state index in [4.69, 9.17) is 0 Å². The van der Waals surface area contributed by atoms with Gasteiger partial charge < -0.3 is 15.3 Å². The van der Waals surface area contributed by atoms with Crippen molar-refractivity contribution >= 4 is 5.78 Å². The van der Waals surface area contributed by atoms with E-state index in [1.54, 1.807) is 13.8 Å². The summed E-state index contributed by atoms with van der Waals surface area (Å²) in [6, 6.07) is 0. The van der Waals surface area contributed by atoms with Gasteiger partial charge in [-0.1, -0.05) is 12.2 Å². The van der Waals surface area contributed by atoms with Crippen molar-refractivity contribution in [3.63, 3.8) is 0 Å². The van der Waals surface area contributed by atoms with Crippen LogP contribution in [-0.2, 0) is 4.79 Å². The first-order chi connectivity index (χ1) is 7.12. The third-order valence-electron chi connectivity index (χ3n) is 2.49. The summed E-state index contributed by atoms with van der Waals surface area (Å²) in [5.74, 6) is -0.423. The van der Waals surface area contributed by atoms with Crippen LogP contribution in [-0.4, -0.2) is 38.4 Å². The molecule has 0 aliphatic heterocycles. The maximum atomic E-state index is 11.5. The van der Waals surface area contributed by atoms with E-state index in [9.17, 15) is 20.1 Å². The lowest BCUT2D eigenvalue weighted by Gasteiger charge is -2.29. The summed E-state index contributed by atoms with van der Waals surface area (Å²) in [7, 11) is 0. The van der Waals surface area contributed by atoms with Gasteiger partial charge >= 0.3 is 0 Å². The first kappa shape index (κ1) is 13.1. The van der Waals surface area contributed by atoms with Gasteiger partial charge in [0.05, 0.1) is 11.7 Å². The number of ketones is 1. The molecule has 0 saturated heterocycles. The molecule has 0 bridgehead atoms. The van der Waals surface area contributed by atoms with E-state index in [0.29, 0.717) is 5.57 Å². The minimum absolute atomic E-state index is 0.0200. The smallest absolute Gasteiger partial charge is 0.187 e. The van der Waals surface area contributed by atoms with Crippen LogP contribution in [0.4, 0.5) is 0 Å². The van der Waals surface area contributed by atoms with Crippen molar-refractivity contribution in [3.05, 3.63) is 23.8 Å². The third-order valence-corrected chi connectivity index (χ3v) is 2.49. The second-order valence-electron chi connectivity index (χ2n) is 4.99. The number of carbonyl (C=O) groups is 1. The summed E-state index contributed by atoms with van der Waals surface area (Å²) in [5.41, 5.74) is -2.08. The molecule has 3 N–H and O–H groups in total. The predicted molar refractivity (Wildman–Crippen MR) is 59.8 cm³/mol. The zero-order chi connectivity index (χ0) is 12.6. The molecular weight excluding hydrogens is 208 g/mol. The Morgan fingerprint density at radius 2 is 2.12 bits per heavy atom. The molecule has 0 aromatic carbocycles. The van der Waals surface area contributed by atoms with Crippen molar-refractivity contribution in [2.24, 2.45) is 0 Å². The van der Waals surface area contributed by atoms with Gasteiger partial charge in [0, 0.05) is 6.42 Å². The Morgan fingerprint density at radius 3 is 2.62 bits per heavy atom. The van der Waals surface area contributed by atoms with Crippen LogP contribution in [0.1, 0.15) is 27.2 Å². The fourth-order valence-corrected chi connectivity index (χ4v) is 1.46. The molecule has 2 unspecified atom stereocenters. The van der Waals surface area contributed by atoms with Crippen LogP contribution >= 0.6 is 0 Å². The van der Waals surface area contributed by atoms with Gasteiger partial charge in [0.25, 0.3) is 0 Å². The SMILES string of the molecule is CC(C)(O)C=CC1=CC(=O)C(C)(O)CC1O. The van der Waals surface area contributed by atoms with Gasteiger partial charge in [0.15, 0.2) is 5.78 Å². The van der Waals surface area contributed by atoms with Crippen molar-refractivity contribution in [2.75, 3.05) is 0 Å². The van der Waals surface area contributed by atoms with E-state index >= 15 is 0 Å². The molecule has 0 spiro atoms. The van der Waals surface area contributed by atoms with Gasteiger partial charge in [-0.25, -0.2) is 0 Å². The number of aliphatic hydroxyl groups excluding tert-OH is 1. The van der Waals surface area contributed by atoms with Crippen molar-refractivity contribution < 1.29 is 20.1 Å². The zero-order valence-corrected chi connectivity index (χ0v) is 9.77. The number of rotatable bonds is 2. The molecule has 4 nitrogen and oxygen atoms in total. The van der Waals surface area contributed by atoms with Crippen LogP contribution in [0.3, 0.4) is 0 Å². The van der Waals surface area contributed by atoms with Crippen LogP contribution in [0.25, 0.3) is 0 Å². The van der Waals surface area contributed by atoms with Crippen molar-refractivity contribution in [2.45, 2.75) is 44.5 Å². The lowest BCUT2D eigenvalue weighted by Crippen LogP contribution is -2.41. The Balaban J connectivity index is 2.91. The molecule has 0 fully saturated rings. The van der Waals surface area contributed by atoms with E-state index in [-0.39, 0.29) is 6.42 Å². The molecule has 90 valence electrons. The van der Waals surface area contributed by atoms with Crippen LogP contribution in [0, 0.1) is 0 Å². The van der Waals surface area contributed by atoms with Gasteiger partial charge in [-0.3, -0.25) is 4.79 Å². The second kappa shape index (κ2) is 4.13. The Bertz CT molecular complexity index is 345. The summed E-state index contributed by atoms with van der Waals surface area (Å²) < 4.78 is 0. The predicted octanol–water partition coefficient (Wildman–Crippen LogP) is 0.325. The molecule has 0 amide bonds. The maximum absolute atomic E-state index is 11.5. The molecule has 0 aromatic heterocycles.